The number of H-pyrrole nitrogens is 1. The molecule has 0 fully saturated rings. The monoisotopic (exact) mass is 328 g/mol. The van der Waals surface area contributed by atoms with Gasteiger partial charge in [-0.3, -0.25) is 5.10 Å². The van der Waals surface area contributed by atoms with E-state index in [1.165, 1.54) is 0 Å². The molecule has 0 bridgehead atoms. The van der Waals surface area contributed by atoms with Crippen LogP contribution in [0.4, 0.5) is 10.5 Å². The maximum Gasteiger partial charge on any atom is 0.319 e. The molecule has 1 unspecified atom stereocenters. The Morgan fingerprint density at radius 3 is 2.96 bits per heavy atom. The van der Waals surface area contributed by atoms with Crippen molar-refractivity contribution >= 4 is 22.6 Å². The van der Waals surface area contributed by atoms with Gasteiger partial charge in [0.1, 0.15) is 6.04 Å². The number of nitrogens with zero attached hydrogens (tertiary/aromatic N) is 3. The first-order valence-electron chi connectivity index (χ1n) is 7.84. The molecule has 8 nitrogen and oxygen atoms in total. The van der Waals surface area contributed by atoms with Crippen LogP contribution in [0.5, 0.6) is 0 Å². The number of fused-ring (bicyclic) bond motifs is 1. The molecule has 8 heteroatoms. The predicted octanol–water partition coefficient (Wildman–Crippen LogP) is 3.03. The third kappa shape index (κ3) is 3.70. The van der Waals surface area contributed by atoms with E-state index in [2.05, 4.69) is 44.8 Å². The Morgan fingerprint density at radius 2 is 2.17 bits per heavy atom. The van der Waals surface area contributed by atoms with E-state index in [4.69, 9.17) is 4.52 Å². The average Bonchev–Trinajstić information content (AvgIpc) is 3.14. The van der Waals surface area contributed by atoms with Gasteiger partial charge < -0.3 is 15.2 Å². The summed E-state index contributed by atoms with van der Waals surface area (Å²) in [6.45, 7) is 5.97. The van der Waals surface area contributed by atoms with Gasteiger partial charge in [0.15, 0.2) is 5.82 Å². The third-order valence-corrected chi connectivity index (χ3v) is 3.49. The predicted molar refractivity (Wildman–Crippen MR) is 89.5 cm³/mol. The van der Waals surface area contributed by atoms with Crippen molar-refractivity contribution in [1.29, 1.82) is 0 Å². The van der Waals surface area contributed by atoms with Gasteiger partial charge >= 0.3 is 6.03 Å². The van der Waals surface area contributed by atoms with Crippen LogP contribution >= 0.6 is 0 Å². The maximum atomic E-state index is 12.1. The summed E-state index contributed by atoms with van der Waals surface area (Å²) in [6.07, 6.45) is 2.45. The van der Waals surface area contributed by atoms with Crippen LogP contribution < -0.4 is 10.6 Å². The highest BCUT2D eigenvalue weighted by Gasteiger charge is 2.17. The van der Waals surface area contributed by atoms with E-state index < -0.39 is 0 Å². The van der Waals surface area contributed by atoms with Gasteiger partial charge in [0.25, 0.3) is 0 Å². The van der Waals surface area contributed by atoms with E-state index in [1.54, 1.807) is 19.2 Å². The van der Waals surface area contributed by atoms with E-state index in [0.717, 1.165) is 17.3 Å². The van der Waals surface area contributed by atoms with E-state index in [9.17, 15) is 4.79 Å². The SMILES string of the molecule is CC(C)Cc1noc(C(C)NC(=O)Nc2ccc3[nH]ncc3c2)n1. The summed E-state index contributed by atoms with van der Waals surface area (Å²) in [5, 5.41) is 17.2. The first-order chi connectivity index (χ1) is 11.5. The highest BCUT2D eigenvalue weighted by molar-refractivity contribution is 5.92. The fraction of sp³-hybridized carbons (Fsp3) is 0.375. The van der Waals surface area contributed by atoms with E-state index in [-0.39, 0.29) is 12.1 Å². The Kier molecular flexibility index (Phi) is 4.45. The number of benzene rings is 1. The van der Waals surface area contributed by atoms with Gasteiger partial charge in [-0.15, -0.1) is 0 Å². The first-order valence-corrected chi connectivity index (χ1v) is 7.84. The number of urea groups is 1. The van der Waals surface area contributed by atoms with Crippen LogP contribution in [0.25, 0.3) is 10.9 Å². The standard InChI is InChI=1S/C16H20N6O2/c1-9(2)6-14-20-15(24-22-14)10(3)18-16(23)19-12-4-5-13-11(7-12)8-17-21-13/h4-5,7-10H,6H2,1-3H3,(H,17,21)(H2,18,19,23). The smallest absolute Gasteiger partial charge is 0.319 e. The van der Waals surface area contributed by atoms with Crippen molar-refractivity contribution in [3.63, 3.8) is 0 Å². The Labute approximate surface area is 139 Å². The summed E-state index contributed by atoms with van der Waals surface area (Å²) in [5.41, 5.74) is 1.59. The van der Waals surface area contributed by atoms with Crippen molar-refractivity contribution in [3.8, 4) is 0 Å². The zero-order valence-corrected chi connectivity index (χ0v) is 13.8. The molecule has 0 spiro atoms. The van der Waals surface area contributed by atoms with Crippen molar-refractivity contribution in [2.24, 2.45) is 5.92 Å². The minimum absolute atomic E-state index is 0.339. The minimum Gasteiger partial charge on any atom is -0.337 e. The lowest BCUT2D eigenvalue weighted by atomic mass is 10.1. The molecule has 0 saturated heterocycles. The molecule has 2 heterocycles. The molecule has 3 aromatic rings. The zero-order valence-electron chi connectivity index (χ0n) is 13.8. The van der Waals surface area contributed by atoms with Gasteiger partial charge in [-0.2, -0.15) is 10.1 Å². The summed E-state index contributed by atoms with van der Waals surface area (Å²) in [4.78, 5) is 16.4. The molecule has 1 aromatic carbocycles. The molecule has 0 aliphatic carbocycles. The quantitative estimate of drug-likeness (QED) is 0.667. The fourth-order valence-corrected chi connectivity index (χ4v) is 2.34. The third-order valence-electron chi connectivity index (χ3n) is 3.49. The lowest BCUT2D eigenvalue weighted by Crippen LogP contribution is -2.31. The number of nitrogens with one attached hydrogen (secondary N) is 3. The number of anilines is 1. The number of aromatic nitrogens is 4. The van der Waals surface area contributed by atoms with Crippen LogP contribution in [0.15, 0.2) is 28.9 Å². The van der Waals surface area contributed by atoms with Crippen molar-refractivity contribution in [1.82, 2.24) is 25.7 Å². The molecule has 126 valence electrons. The Bertz CT molecular complexity index is 838. The molecule has 2 amide bonds. The zero-order chi connectivity index (χ0) is 17.1. The van der Waals surface area contributed by atoms with Crippen molar-refractivity contribution in [2.75, 3.05) is 5.32 Å². The highest BCUT2D eigenvalue weighted by Crippen LogP contribution is 2.17. The summed E-state index contributed by atoms with van der Waals surface area (Å²) < 4.78 is 5.21. The van der Waals surface area contributed by atoms with Crippen LogP contribution in [0.2, 0.25) is 0 Å². The van der Waals surface area contributed by atoms with Gasteiger partial charge in [0, 0.05) is 17.5 Å². The molecule has 1 atom stereocenters. The van der Waals surface area contributed by atoms with Crippen LogP contribution in [-0.4, -0.2) is 26.4 Å². The Morgan fingerprint density at radius 1 is 1.33 bits per heavy atom. The number of rotatable bonds is 5. The maximum absolute atomic E-state index is 12.1. The van der Waals surface area contributed by atoms with Gasteiger partial charge in [-0.25, -0.2) is 4.79 Å². The number of carbonyl (C=O) groups is 1. The molecule has 0 aliphatic heterocycles. The fourth-order valence-electron chi connectivity index (χ4n) is 2.34. The van der Waals surface area contributed by atoms with E-state index in [1.807, 2.05) is 12.1 Å². The second kappa shape index (κ2) is 6.69. The molecule has 0 radical (unpaired) electrons. The van der Waals surface area contributed by atoms with Crippen molar-refractivity contribution in [2.45, 2.75) is 33.2 Å². The van der Waals surface area contributed by atoms with E-state index in [0.29, 0.717) is 23.3 Å². The normalized spacial score (nSPS) is 12.5. The number of hydrogen-bond acceptors (Lipinski definition) is 5. The molecular weight excluding hydrogens is 308 g/mol. The lowest BCUT2D eigenvalue weighted by molar-refractivity contribution is 0.245. The summed E-state index contributed by atoms with van der Waals surface area (Å²) in [7, 11) is 0. The van der Waals surface area contributed by atoms with Crippen LogP contribution in [0.1, 0.15) is 38.5 Å². The van der Waals surface area contributed by atoms with E-state index >= 15 is 0 Å². The van der Waals surface area contributed by atoms with Crippen LogP contribution in [0.3, 0.4) is 0 Å². The molecule has 2 aromatic heterocycles. The second-order valence-electron chi connectivity index (χ2n) is 6.14. The molecule has 0 aliphatic rings. The highest BCUT2D eigenvalue weighted by atomic mass is 16.5. The van der Waals surface area contributed by atoms with Crippen LogP contribution in [-0.2, 0) is 6.42 Å². The van der Waals surface area contributed by atoms with Gasteiger partial charge in [-0.1, -0.05) is 19.0 Å². The van der Waals surface area contributed by atoms with Gasteiger partial charge in [0.2, 0.25) is 5.89 Å². The Balaban J connectivity index is 1.60. The minimum atomic E-state index is -0.379. The summed E-state index contributed by atoms with van der Waals surface area (Å²) >= 11 is 0. The van der Waals surface area contributed by atoms with Gasteiger partial charge in [-0.05, 0) is 31.0 Å². The molecule has 24 heavy (non-hydrogen) atoms. The lowest BCUT2D eigenvalue weighted by Gasteiger charge is -2.11. The van der Waals surface area contributed by atoms with Gasteiger partial charge in [0.05, 0.1) is 11.7 Å². The second-order valence-corrected chi connectivity index (χ2v) is 6.14. The molecule has 0 saturated carbocycles. The van der Waals surface area contributed by atoms with Crippen molar-refractivity contribution < 1.29 is 9.32 Å². The molecule has 3 rings (SSSR count). The average molecular weight is 328 g/mol. The number of hydrogen-bond donors (Lipinski definition) is 3. The number of carbonyl (C=O) groups excluding carboxylic acids is 1. The number of aromatic amines is 1. The van der Waals surface area contributed by atoms with Crippen LogP contribution in [0, 0.1) is 5.92 Å². The Hall–Kier alpha value is -2.90. The van der Waals surface area contributed by atoms with Crippen molar-refractivity contribution in [3.05, 3.63) is 36.1 Å². The first kappa shape index (κ1) is 16.0. The largest absolute Gasteiger partial charge is 0.337 e. The summed E-state index contributed by atoms with van der Waals surface area (Å²) in [5.74, 6) is 1.49. The number of amides is 2. The molecular formula is C16H20N6O2. The molecule has 3 N–H and O–H groups in total. The summed E-state index contributed by atoms with van der Waals surface area (Å²) in [6, 6.07) is 4.79. The topological polar surface area (TPSA) is 109 Å².